The van der Waals surface area contributed by atoms with E-state index in [1.54, 1.807) is 28.9 Å². The van der Waals surface area contributed by atoms with Crippen molar-refractivity contribution >= 4 is 17.5 Å². The zero-order chi connectivity index (χ0) is 20.4. The number of para-hydroxylation sites is 1. The van der Waals surface area contributed by atoms with Gasteiger partial charge in [0.2, 0.25) is 0 Å². The highest BCUT2D eigenvalue weighted by atomic mass is 35.5. The van der Waals surface area contributed by atoms with E-state index in [2.05, 4.69) is 16.9 Å². The van der Waals surface area contributed by atoms with Crippen LogP contribution in [0.4, 0.5) is 4.39 Å². The second kappa shape index (κ2) is 8.35. The van der Waals surface area contributed by atoms with Crippen LogP contribution in [0, 0.1) is 5.82 Å². The maximum absolute atomic E-state index is 13.3. The number of benzene rings is 2. The molecule has 4 rings (SSSR count). The molecule has 2 aromatic carbocycles. The zero-order valence-corrected chi connectivity index (χ0v) is 16.9. The molecule has 0 bridgehead atoms. The van der Waals surface area contributed by atoms with Crippen molar-refractivity contribution in [3.8, 4) is 16.9 Å². The minimum absolute atomic E-state index is 0.0819. The Kier molecular flexibility index (Phi) is 5.65. The standard InChI is InChI=1S/C22H22ClFN4O/c1-2-26-11-13-27(14-12-26)22(29)21-15-19(16-7-9-17(24)10-8-16)25-28(21)20-6-4-3-5-18(20)23/h3-10,15H,2,11-14H2,1H3. The van der Waals surface area contributed by atoms with E-state index in [4.69, 9.17) is 11.6 Å². The molecule has 150 valence electrons. The maximum atomic E-state index is 13.3. The summed E-state index contributed by atoms with van der Waals surface area (Å²) in [4.78, 5) is 17.5. The topological polar surface area (TPSA) is 41.4 Å². The third-order valence-corrected chi connectivity index (χ3v) is 5.58. The van der Waals surface area contributed by atoms with Crippen molar-refractivity contribution in [1.29, 1.82) is 0 Å². The second-order valence-electron chi connectivity index (χ2n) is 7.01. The smallest absolute Gasteiger partial charge is 0.272 e. The van der Waals surface area contributed by atoms with E-state index in [9.17, 15) is 9.18 Å². The number of rotatable bonds is 4. The van der Waals surface area contributed by atoms with Crippen LogP contribution in [0.3, 0.4) is 0 Å². The van der Waals surface area contributed by atoms with E-state index in [0.717, 1.165) is 25.2 Å². The van der Waals surface area contributed by atoms with Crippen molar-refractivity contribution in [1.82, 2.24) is 19.6 Å². The Morgan fingerprint density at radius 2 is 1.76 bits per heavy atom. The molecular weight excluding hydrogens is 391 g/mol. The highest BCUT2D eigenvalue weighted by Crippen LogP contribution is 2.26. The number of aromatic nitrogens is 2. The van der Waals surface area contributed by atoms with Crippen LogP contribution in [-0.4, -0.2) is 58.2 Å². The summed E-state index contributed by atoms with van der Waals surface area (Å²) in [6.45, 7) is 6.16. The van der Waals surface area contributed by atoms with Gasteiger partial charge in [0, 0.05) is 31.7 Å². The molecule has 1 aromatic heterocycles. The Hall–Kier alpha value is -2.70. The minimum atomic E-state index is -0.315. The van der Waals surface area contributed by atoms with Crippen LogP contribution in [-0.2, 0) is 0 Å². The average molecular weight is 413 g/mol. The Balaban J connectivity index is 1.74. The Labute approximate surface area is 174 Å². The van der Waals surface area contributed by atoms with Crippen LogP contribution < -0.4 is 0 Å². The van der Waals surface area contributed by atoms with Gasteiger partial charge < -0.3 is 9.80 Å². The summed E-state index contributed by atoms with van der Waals surface area (Å²) in [7, 11) is 0. The fraction of sp³-hybridized carbons (Fsp3) is 0.273. The SMILES string of the molecule is CCN1CCN(C(=O)c2cc(-c3ccc(F)cc3)nn2-c2ccccc2Cl)CC1. The van der Waals surface area contributed by atoms with Crippen LogP contribution >= 0.6 is 11.6 Å². The predicted molar refractivity (Wildman–Crippen MR) is 112 cm³/mol. The minimum Gasteiger partial charge on any atom is -0.335 e. The van der Waals surface area contributed by atoms with Crippen molar-refractivity contribution in [2.24, 2.45) is 0 Å². The molecule has 3 aromatic rings. The van der Waals surface area contributed by atoms with Gasteiger partial charge in [-0.3, -0.25) is 4.79 Å². The normalized spacial score (nSPS) is 14.9. The van der Waals surface area contributed by atoms with Crippen molar-refractivity contribution < 1.29 is 9.18 Å². The number of likely N-dealkylation sites (N-methyl/N-ethyl adjacent to an activating group) is 1. The van der Waals surface area contributed by atoms with Crippen molar-refractivity contribution in [3.63, 3.8) is 0 Å². The van der Waals surface area contributed by atoms with Crippen LogP contribution in [0.15, 0.2) is 54.6 Å². The Morgan fingerprint density at radius 3 is 2.41 bits per heavy atom. The van der Waals surface area contributed by atoms with E-state index in [-0.39, 0.29) is 11.7 Å². The second-order valence-corrected chi connectivity index (χ2v) is 7.42. The van der Waals surface area contributed by atoms with E-state index < -0.39 is 0 Å². The molecule has 1 aliphatic heterocycles. The highest BCUT2D eigenvalue weighted by Gasteiger charge is 2.26. The lowest BCUT2D eigenvalue weighted by molar-refractivity contribution is 0.0634. The van der Waals surface area contributed by atoms with Gasteiger partial charge in [-0.05, 0) is 49.0 Å². The zero-order valence-electron chi connectivity index (χ0n) is 16.2. The van der Waals surface area contributed by atoms with E-state index >= 15 is 0 Å². The van der Waals surface area contributed by atoms with Gasteiger partial charge in [0.25, 0.3) is 5.91 Å². The number of piperazine rings is 1. The molecule has 29 heavy (non-hydrogen) atoms. The van der Waals surface area contributed by atoms with Gasteiger partial charge >= 0.3 is 0 Å². The molecule has 0 aliphatic carbocycles. The quantitative estimate of drug-likeness (QED) is 0.647. The molecule has 0 N–H and O–H groups in total. The summed E-state index contributed by atoms with van der Waals surface area (Å²) < 4.78 is 14.9. The van der Waals surface area contributed by atoms with Crippen LogP contribution in [0.5, 0.6) is 0 Å². The largest absolute Gasteiger partial charge is 0.335 e. The highest BCUT2D eigenvalue weighted by molar-refractivity contribution is 6.32. The molecular formula is C22H22ClFN4O. The van der Waals surface area contributed by atoms with E-state index in [1.165, 1.54) is 12.1 Å². The third kappa shape index (κ3) is 4.04. The number of hydrogen-bond donors (Lipinski definition) is 0. The summed E-state index contributed by atoms with van der Waals surface area (Å²) in [5.74, 6) is -0.397. The van der Waals surface area contributed by atoms with Gasteiger partial charge in [-0.2, -0.15) is 5.10 Å². The molecule has 5 nitrogen and oxygen atoms in total. The number of nitrogens with zero attached hydrogens (tertiary/aromatic N) is 4. The van der Waals surface area contributed by atoms with Crippen LogP contribution in [0.2, 0.25) is 5.02 Å². The van der Waals surface area contributed by atoms with Crippen molar-refractivity contribution in [2.45, 2.75) is 6.92 Å². The third-order valence-electron chi connectivity index (χ3n) is 5.26. The monoisotopic (exact) mass is 412 g/mol. The average Bonchev–Trinajstić information content (AvgIpc) is 3.19. The van der Waals surface area contributed by atoms with Gasteiger partial charge in [0.15, 0.2) is 0 Å². The molecule has 0 spiro atoms. The molecule has 1 fully saturated rings. The molecule has 7 heteroatoms. The fourth-order valence-corrected chi connectivity index (χ4v) is 3.75. The first-order valence-corrected chi connectivity index (χ1v) is 10.1. The van der Waals surface area contributed by atoms with Gasteiger partial charge in [0.05, 0.1) is 16.4 Å². The van der Waals surface area contributed by atoms with E-state index in [1.807, 2.05) is 23.1 Å². The molecule has 2 heterocycles. The number of carbonyl (C=O) groups excluding carboxylic acids is 1. The predicted octanol–water partition coefficient (Wildman–Crippen LogP) is 4.11. The lowest BCUT2D eigenvalue weighted by Gasteiger charge is -2.34. The van der Waals surface area contributed by atoms with Gasteiger partial charge in [0.1, 0.15) is 11.5 Å². The molecule has 0 unspecified atom stereocenters. The van der Waals surface area contributed by atoms with Gasteiger partial charge in [-0.25, -0.2) is 9.07 Å². The Bertz CT molecular complexity index is 1010. The molecule has 1 saturated heterocycles. The van der Waals surface area contributed by atoms with Gasteiger partial charge in [-0.15, -0.1) is 0 Å². The molecule has 0 atom stereocenters. The molecule has 0 saturated carbocycles. The molecule has 1 amide bonds. The van der Waals surface area contributed by atoms with Crippen molar-refractivity contribution in [3.05, 3.63) is 71.1 Å². The number of carbonyl (C=O) groups is 1. The number of amides is 1. The summed E-state index contributed by atoms with van der Waals surface area (Å²) in [5.41, 5.74) is 2.42. The Morgan fingerprint density at radius 1 is 1.07 bits per heavy atom. The van der Waals surface area contributed by atoms with Crippen molar-refractivity contribution in [2.75, 3.05) is 32.7 Å². The van der Waals surface area contributed by atoms with Crippen LogP contribution in [0.25, 0.3) is 16.9 Å². The molecule has 0 radical (unpaired) electrons. The van der Waals surface area contributed by atoms with Gasteiger partial charge in [-0.1, -0.05) is 30.7 Å². The maximum Gasteiger partial charge on any atom is 0.272 e. The fourth-order valence-electron chi connectivity index (χ4n) is 3.53. The summed E-state index contributed by atoms with van der Waals surface area (Å²) in [6.07, 6.45) is 0. The lowest BCUT2D eigenvalue weighted by Crippen LogP contribution is -2.48. The number of halogens is 2. The summed E-state index contributed by atoms with van der Waals surface area (Å²) in [5, 5.41) is 5.15. The first-order chi connectivity index (χ1) is 14.1. The first kappa shape index (κ1) is 19.6. The lowest BCUT2D eigenvalue weighted by atomic mass is 10.1. The summed E-state index contributed by atoms with van der Waals surface area (Å²) in [6, 6.07) is 15.1. The number of hydrogen-bond acceptors (Lipinski definition) is 3. The van der Waals surface area contributed by atoms with E-state index in [0.29, 0.717) is 35.2 Å². The van der Waals surface area contributed by atoms with Crippen LogP contribution in [0.1, 0.15) is 17.4 Å². The molecule has 1 aliphatic rings. The summed E-state index contributed by atoms with van der Waals surface area (Å²) >= 11 is 6.39. The first-order valence-electron chi connectivity index (χ1n) is 9.69.